The van der Waals surface area contributed by atoms with Crippen LogP contribution in [0.4, 0.5) is 11.4 Å². The third-order valence-electron chi connectivity index (χ3n) is 3.98. The second-order valence-electron chi connectivity index (χ2n) is 6.24. The fourth-order valence-corrected chi connectivity index (χ4v) is 3.51. The minimum atomic E-state index is -0.267. The van der Waals surface area contributed by atoms with Crippen molar-refractivity contribution >= 4 is 51.9 Å². The predicted octanol–water partition coefficient (Wildman–Crippen LogP) is 4.74. The standard InChI is InChI=1S/C21H19N3O2S2/c1-13-8-9-17(14(2)11-13)19(25)24-21(27)23-16-6-3-5-15(12-16)22-20(26)18-7-4-10-28-18/h3-12H,1-2H3,(H,22,26)(H2,23,24,25,27). The summed E-state index contributed by atoms with van der Waals surface area (Å²) in [5.41, 5.74) is 3.85. The van der Waals surface area contributed by atoms with Crippen LogP contribution in [0.2, 0.25) is 0 Å². The summed E-state index contributed by atoms with van der Waals surface area (Å²) in [4.78, 5) is 25.2. The maximum absolute atomic E-state index is 12.4. The summed E-state index contributed by atoms with van der Waals surface area (Å²) in [6.07, 6.45) is 0. The molecule has 0 aliphatic carbocycles. The van der Waals surface area contributed by atoms with Crippen LogP contribution in [0, 0.1) is 13.8 Å². The molecule has 5 nitrogen and oxygen atoms in total. The Bertz CT molecular complexity index is 1030. The van der Waals surface area contributed by atoms with E-state index in [1.54, 1.807) is 36.4 Å². The lowest BCUT2D eigenvalue weighted by atomic mass is 10.1. The average molecular weight is 410 g/mol. The van der Waals surface area contributed by atoms with Crippen LogP contribution in [0.3, 0.4) is 0 Å². The number of rotatable bonds is 4. The summed E-state index contributed by atoms with van der Waals surface area (Å²) >= 11 is 6.62. The number of hydrogen-bond donors (Lipinski definition) is 3. The molecule has 2 aromatic carbocycles. The van der Waals surface area contributed by atoms with Gasteiger partial charge >= 0.3 is 0 Å². The Hall–Kier alpha value is -3.03. The van der Waals surface area contributed by atoms with Crippen molar-refractivity contribution in [3.63, 3.8) is 0 Å². The zero-order valence-corrected chi connectivity index (χ0v) is 17.0. The van der Waals surface area contributed by atoms with E-state index in [2.05, 4.69) is 16.0 Å². The van der Waals surface area contributed by atoms with Crippen molar-refractivity contribution in [2.24, 2.45) is 0 Å². The molecule has 28 heavy (non-hydrogen) atoms. The number of aryl methyl sites for hydroxylation is 2. The molecule has 3 rings (SSSR count). The van der Waals surface area contributed by atoms with E-state index in [0.29, 0.717) is 21.8 Å². The molecule has 0 aliphatic rings. The van der Waals surface area contributed by atoms with Crippen LogP contribution in [0.15, 0.2) is 60.0 Å². The highest BCUT2D eigenvalue weighted by Crippen LogP contribution is 2.18. The Morgan fingerprint density at radius 3 is 2.32 bits per heavy atom. The van der Waals surface area contributed by atoms with Gasteiger partial charge in [-0.15, -0.1) is 11.3 Å². The summed E-state index contributed by atoms with van der Waals surface area (Å²) in [6, 6.07) is 16.3. The van der Waals surface area contributed by atoms with Crippen LogP contribution in [0.5, 0.6) is 0 Å². The average Bonchev–Trinajstić information content (AvgIpc) is 3.16. The molecule has 142 valence electrons. The Balaban J connectivity index is 1.62. The smallest absolute Gasteiger partial charge is 0.265 e. The Kier molecular flexibility index (Phi) is 6.18. The van der Waals surface area contributed by atoms with E-state index < -0.39 is 0 Å². The second kappa shape index (κ2) is 8.77. The molecule has 1 heterocycles. The van der Waals surface area contributed by atoms with E-state index in [1.165, 1.54) is 11.3 Å². The molecule has 7 heteroatoms. The third kappa shape index (κ3) is 5.03. The van der Waals surface area contributed by atoms with Crippen LogP contribution >= 0.6 is 23.6 Å². The number of thiophene rings is 1. The first-order valence-corrected chi connectivity index (χ1v) is 9.85. The van der Waals surface area contributed by atoms with Crippen molar-refractivity contribution in [1.29, 1.82) is 0 Å². The number of nitrogens with one attached hydrogen (secondary N) is 3. The van der Waals surface area contributed by atoms with Crippen LogP contribution < -0.4 is 16.0 Å². The van der Waals surface area contributed by atoms with Gasteiger partial charge < -0.3 is 10.6 Å². The van der Waals surface area contributed by atoms with Gasteiger partial charge in [0, 0.05) is 16.9 Å². The van der Waals surface area contributed by atoms with E-state index in [0.717, 1.165) is 11.1 Å². The lowest BCUT2D eigenvalue weighted by molar-refractivity contribution is 0.0976. The number of carbonyl (C=O) groups is 2. The maximum Gasteiger partial charge on any atom is 0.265 e. The van der Waals surface area contributed by atoms with Gasteiger partial charge in [0.15, 0.2) is 5.11 Å². The normalized spacial score (nSPS) is 10.2. The highest BCUT2D eigenvalue weighted by Gasteiger charge is 2.11. The maximum atomic E-state index is 12.4. The zero-order chi connectivity index (χ0) is 20.1. The van der Waals surface area contributed by atoms with Crippen LogP contribution in [-0.2, 0) is 0 Å². The van der Waals surface area contributed by atoms with E-state index in [-0.39, 0.29) is 16.9 Å². The number of carbonyl (C=O) groups excluding carboxylic acids is 2. The molecule has 0 unspecified atom stereocenters. The molecule has 0 aliphatic heterocycles. The van der Waals surface area contributed by atoms with Gasteiger partial charge in [0.25, 0.3) is 11.8 Å². The van der Waals surface area contributed by atoms with Gasteiger partial charge in [-0.1, -0.05) is 29.8 Å². The quantitative estimate of drug-likeness (QED) is 0.544. The minimum absolute atomic E-state index is 0.169. The van der Waals surface area contributed by atoms with Gasteiger partial charge in [0.2, 0.25) is 0 Å². The largest absolute Gasteiger partial charge is 0.332 e. The molecule has 0 bridgehead atoms. The molecule has 1 aromatic heterocycles. The summed E-state index contributed by atoms with van der Waals surface area (Å²) in [7, 11) is 0. The molecule has 0 atom stereocenters. The first-order chi connectivity index (χ1) is 13.4. The molecule has 2 amide bonds. The summed E-state index contributed by atoms with van der Waals surface area (Å²) in [5, 5.41) is 10.5. The van der Waals surface area contributed by atoms with Crippen LogP contribution in [0.25, 0.3) is 0 Å². The third-order valence-corrected chi connectivity index (χ3v) is 5.05. The number of benzene rings is 2. The van der Waals surface area contributed by atoms with E-state index in [1.807, 2.05) is 37.4 Å². The van der Waals surface area contributed by atoms with E-state index >= 15 is 0 Å². The van der Waals surface area contributed by atoms with Gasteiger partial charge in [0.05, 0.1) is 4.88 Å². The monoisotopic (exact) mass is 409 g/mol. The minimum Gasteiger partial charge on any atom is -0.332 e. The van der Waals surface area contributed by atoms with Crippen molar-refractivity contribution in [3.05, 3.63) is 81.5 Å². The van der Waals surface area contributed by atoms with Gasteiger partial charge in [0.1, 0.15) is 0 Å². The van der Waals surface area contributed by atoms with Crippen molar-refractivity contribution in [3.8, 4) is 0 Å². The summed E-state index contributed by atoms with van der Waals surface area (Å²) in [6.45, 7) is 3.86. The highest BCUT2D eigenvalue weighted by molar-refractivity contribution is 7.80. The van der Waals surface area contributed by atoms with Gasteiger partial charge in [-0.2, -0.15) is 0 Å². The SMILES string of the molecule is Cc1ccc(C(=O)NC(=S)Nc2cccc(NC(=O)c3cccs3)c2)c(C)c1. The molecular formula is C21H19N3O2S2. The number of amides is 2. The molecule has 3 aromatic rings. The lowest BCUT2D eigenvalue weighted by Crippen LogP contribution is -2.34. The topological polar surface area (TPSA) is 70.2 Å². The van der Waals surface area contributed by atoms with Gasteiger partial charge in [-0.25, -0.2) is 0 Å². The van der Waals surface area contributed by atoms with Crippen molar-refractivity contribution in [1.82, 2.24) is 5.32 Å². The molecule has 0 saturated heterocycles. The first kappa shape index (κ1) is 19.7. The Labute approximate surface area is 172 Å². The van der Waals surface area contributed by atoms with Crippen LogP contribution in [-0.4, -0.2) is 16.9 Å². The fraction of sp³-hybridized carbons (Fsp3) is 0.0952. The zero-order valence-electron chi connectivity index (χ0n) is 15.4. The summed E-state index contributed by atoms with van der Waals surface area (Å²) in [5.74, 6) is -0.435. The van der Waals surface area contributed by atoms with Crippen LogP contribution in [0.1, 0.15) is 31.2 Å². The van der Waals surface area contributed by atoms with E-state index in [4.69, 9.17) is 12.2 Å². The van der Waals surface area contributed by atoms with Gasteiger partial charge in [-0.3, -0.25) is 14.9 Å². The number of hydrogen-bond acceptors (Lipinski definition) is 4. The van der Waals surface area contributed by atoms with Crippen molar-refractivity contribution in [2.45, 2.75) is 13.8 Å². The first-order valence-electron chi connectivity index (χ1n) is 8.57. The van der Waals surface area contributed by atoms with Crippen molar-refractivity contribution in [2.75, 3.05) is 10.6 Å². The molecule has 0 spiro atoms. The molecular weight excluding hydrogens is 390 g/mol. The molecule has 0 fully saturated rings. The summed E-state index contributed by atoms with van der Waals surface area (Å²) < 4.78 is 0. The van der Waals surface area contributed by atoms with Crippen molar-refractivity contribution < 1.29 is 9.59 Å². The van der Waals surface area contributed by atoms with Gasteiger partial charge in [-0.05, 0) is 67.3 Å². The number of anilines is 2. The van der Waals surface area contributed by atoms with E-state index in [9.17, 15) is 9.59 Å². The predicted molar refractivity (Wildman–Crippen MR) is 118 cm³/mol. The number of thiocarbonyl (C=S) groups is 1. The molecule has 0 radical (unpaired) electrons. The molecule has 0 saturated carbocycles. The Morgan fingerprint density at radius 2 is 1.64 bits per heavy atom. The lowest BCUT2D eigenvalue weighted by Gasteiger charge is -2.12. The molecule has 3 N–H and O–H groups in total. The highest BCUT2D eigenvalue weighted by atomic mass is 32.1. The fourth-order valence-electron chi connectivity index (χ4n) is 2.68. The Morgan fingerprint density at radius 1 is 0.893 bits per heavy atom. The second-order valence-corrected chi connectivity index (χ2v) is 7.59.